The number of fused-ring (bicyclic) bond motifs is 1. The summed E-state index contributed by atoms with van der Waals surface area (Å²) in [7, 11) is 0. The average molecular weight is 292 g/mol. The summed E-state index contributed by atoms with van der Waals surface area (Å²) in [5.74, 6) is -1.00. The minimum absolute atomic E-state index is 0.180. The van der Waals surface area contributed by atoms with E-state index in [-0.39, 0.29) is 11.7 Å². The maximum Gasteiger partial charge on any atom is 0.410 e. The van der Waals surface area contributed by atoms with Gasteiger partial charge in [0.2, 0.25) is 0 Å². The van der Waals surface area contributed by atoms with Crippen LogP contribution in [0.15, 0.2) is 6.07 Å². The summed E-state index contributed by atoms with van der Waals surface area (Å²) in [6.45, 7) is 7.99. The number of amides is 1. The van der Waals surface area contributed by atoms with E-state index in [4.69, 9.17) is 9.84 Å². The molecule has 0 spiro atoms. The summed E-state index contributed by atoms with van der Waals surface area (Å²) < 4.78 is 5.34. The molecule has 0 radical (unpaired) electrons. The first-order chi connectivity index (χ1) is 9.67. The lowest BCUT2D eigenvalue weighted by Gasteiger charge is -2.31. The minimum atomic E-state index is -1.00. The van der Waals surface area contributed by atoms with Crippen molar-refractivity contribution in [2.75, 3.05) is 6.54 Å². The number of carboxylic acid groups (broad SMARTS) is 1. The highest BCUT2D eigenvalue weighted by molar-refractivity contribution is 5.89. The lowest BCUT2D eigenvalue weighted by Crippen LogP contribution is -2.40. The van der Waals surface area contributed by atoms with Gasteiger partial charge >= 0.3 is 12.1 Å². The van der Waals surface area contributed by atoms with Crippen LogP contribution >= 0.6 is 0 Å². The lowest BCUT2D eigenvalue weighted by atomic mass is 10.0. The van der Waals surface area contributed by atoms with Crippen LogP contribution in [0.25, 0.3) is 0 Å². The Morgan fingerprint density at radius 1 is 1.38 bits per heavy atom. The van der Waals surface area contributed by atoms with E-state index in [1.165, 1.54) is 0 Å². The number of carboxylic acids is 1. The smallest absolute Gasteiger partial charge is 0.410 e. The minimum Gasteiger partial charge on any atom is -0.478 e. The molecule has 0 fully saturated rings. The highest BCUT2D eigenvalue weighted by Crippen LogP contribution is 2.22. The summed E-state index contributed by atoms with van der Waals surface area (Å²) in [5, 5.41) is 9.15. The molecule has 1 aliphatic heterocycles. The molecule has 0 aromatic carbocycles. The summed E-state index contributed by atoms with van der Waals surface area (Å²) >= 11 is 0. The van der Waals surface area contributed by atoms with Crippen molar-refractivity contribution >= 4 is 12.1 Å². The van der Waals surface area contributed by atoms with Gasteiger partial charge in [-0.05, 0) is 39.3 Å². The van der Waals surface area contributed by atoms with Crippen molar-refractivity contribution in [1.82, 2.24) is 9.88 Å². The van der Waals surface area contributed by atoms with Crippen LogP contribution in [0.3, 0.4) is 0 Å². The topological polar surface area (TPSA) is 79.7 Å². The zero-order valence-corrected chi connectivity index (χ0v) is 12.8. The fourth-order valence-electron chi connectivity index (χ4n) is 2.27. The van der Waals surface area contributed by atoms with Crippen molar-refractivity contribution in [3.8, 4) is 0 Å². The number of rotatable bonds is 1. The van der Waals surface area contributed by atoms with Gasteiger partial charge in [0.25, 0.3) is 0 Å². The van der Waals surface area contributed by atoms with Crippen molar-refractivity contribution < 1.29 is 19.4 Å². The first-order valence-electron chi connectivity index (χ1n) is 6.88. The average Bonchev–Trinajstić information content (AvgIpc) is 2.35. The first kappa shape index (κ1) is 15.3. The van der Waals surface area contributed by atoms with E-state index in [1.807, 2.05) is 20.8 Å². The predicted octanol–water partition coefficient (Wildman–Crippen LogP) is 2.38. The molecule has 114 valence electrons. The second-order valence-electron chi connectivity index (χ2n) is 6.18. The molecule has 6 nitrogen and oxygen atoms in total. The number of nitrogens with zero attached hydrogens (tertiary/aromatic N) is 2. The standard InChI is InChI=1S/C15H20N2O4/c1-9-11(13(18)19)7-10-8-17(6-5-12(10)16-9)14(20)21-15(2,3)4/h7H,5-6,8H2,1-4H3,(H,18,19). The molecule has 1 aromatic heterocycles. The number of aromatic nitrogens is 1. The highest BCUT2D eigenvalue weighted by Gasteiger charge is 2.27. The fourth-order valence-corrected chi connectivity index (χ4v) is 2.27. The number of hydrogen-bond donors (Lipinski definition) is 1. The van der Waals surface area contributed by atoms with Gasteiger partial charge in [0, 0.05) is 18.7 Å². The van der Waals surface area contributed by atoms with Gasteiger partial charge in [0.05, 0.1) is 17.8 Å². The molecule has 0 unspecified atom stereocenters. The third-order valence-electron chi connectivity index (χ3n) is 3.24. The summed E-state index contributed by atoms with van der Waals surface area (Å²) in [5.41, 5.74) is 1.77. The van der Waals surface area contributed by atoms with Crippen LogP contribution < -0.4 is 0 Å². The quantitative estimate of drug-likeness (QED) is 0.859. The Morgan fingerprint density at radius 3 is 2.62 bits per heavy atom. The van der Waals surface area contributed by atoms with Gasteiger partial charge in [0.1, 0.15) is 5.60 Å². The molecule has 0 saturated heterocycles. The lowest BCUT2D eigenvalue weighted by molar-refractivity contribution is 0.0222. The summed E-state index contributed by atoms with van der Waals surface area (Å²) in [4.78, 5) is 29.2. The predicted molar refractivity (Wildman–Crippen MR) is 76.3 cm³/mol. The molecular formula is C15H20N2O4. The van der Waals surface area contributed by atoms with Gasteiger partial charge in [-0.15, -0.1) is 0 Å². The van der Waals surface area contributed by atoms with Gasteiger partial charge in [-0.3, -0.25) is 4.98 Å². The Morgan fingerprint density at radius 2 is 2.05 bits per heavy atom. The van der Waals surface area contributed by atoms with E-state index in [0.717, 1.165) is 11.3 Å². The van der Waals surface area contributed by atoms with Gasteiger partial charge in [0.15, 0.2) is 0 Å². The molecule has 0 saturated carbocycles. The van der Waals surface area contributed by atoms with Crippen LogP contribution in [0.2, 0.25) is 0 Å². The Labute approximate surface area is 123 Å². The highest BCUT2D eigenvalue weighted by atomic mass is 16.6. The molecule has 1 aliphatic rings. The molecule has 1 N–H and O–H groups in total. The summed E-state index contributed by atoms with van der Waals surface area (Å²) in [6, 6.07) is 1.61. The molecular weight excluding hydrogens is 272 g/mol. The maximum absolute atomic E-state index is 12.1. The largest absolute Gasteiger partial charge is 0.478 e. The zero-order chi connectivity index (χ0) is 15.8. The number of ether oxygens (including phenoxy) is 1. The number of carbonyl (C=O) groups excluding carboxylic acids is 1. The van der Waals surface area contributed by atoms with Crippen LogP contribution in [0.4, 0.5) is 4.79 Å². The first-order valence-corrected chi connectivity index (χ1v) is 6.88. The van der Waals surface area contributed by atoms with Crippen LogP contribution in [0.1, 0.15) is 48.1 Å². The van der Waals surface area contributed by atoms with Crippen molar-refractivity contribution in [3.05, 3.63) is 28.6 Å². The third-order valence-corrected chi connectivity index (χ3v) is 3.24. The van der Waals surface area contributed by atoms with Crippen molar-refractivity contribution in [3.63, 3.8) is 0 Å². The van der Waals surface area contributed by atoms with E-state index in [9.17, 15) is 9.59 Å². The summed E-state index contributed by atoms with van der Waals surface area (Å²) in [6.07, 6.45) is 0.223. The number of hydrogen-bond acceptors (Lipinski definition) is 4. The third kappa shape index (κ3) is 3.51. The molecule has 0 atom stereocenters. The number of carbonyl (C=O) groups is 2. The monoisotopic (exact) mass is 292 g/mol. The molecule has 0 bridgehead atoms. The molecule has 6 heteroatoms. The zero-order valence-electron chi connectivity index (χ0n) is 12.8. The van der Waals surface area contributed by atoms with Crippen LogP contribution in [0.5, 0.6) is 0 Å². The van der Waals surface area contributed by atoms with Crippen LogP contribution in [0, 0.1) is 6.92 Å². The number of aromatic carboxylic acids is 1. The Hall–Kier alpha value is -2.11. The fraction of sp³-hybridized carbons (Fsp3) is 0.533. The molecule has 1 amide bonds. The van der Waals surface area contributed by atoms with Crippen molar-refractivity contribution in [2.45, 2.75) is 46.3 Å². The Kier molecular flexibility index (Phi) is 3.89. The maximum atomic E-state index is 12.1. The molecule has 0 aliphatic carbocycles. The van der Waals surface area contributed by atoms with Crippen LogP contribution in [-0.2, 0) is 17.7 Å². The van der Waals surface area contributed by atoms with Crippen LogP contribution in [-0.4, -0.2) is 39.2 Å². The SMILES string of the molecule is Cc1nc2c(cc1C(=O)O)CN(C(=O)OC(C)(C)C)CC2. The normalized spacial score (nSPS) is 14.6. The Balaban J connectivity index is 2.22. The van der Waals surface area contributed by atoms with Gasteiger partial charge < -0.3 is 14.7 Å². The molecule has 2 rings (SSSR count). The van der Waals surface area contributed by atoms with E-state index < -0.39 is 11.6 Å². The van der Waals surface area contributed by atoms with Crippen molar-refractivity contribution in [1.29, 1.82) is 0 Å². The van der Waals surface area contributed by atoms with E-state index >= 15 is 0 Å². The number of pyridine rings is 1. The van der Waals surface area contributed by atoms with Gasteiger partial charge in [-0.1, -0.05) is 0 Å². The Bertz CT molecular complexity index is 590. The molecule has 21 heavy (non-hydrogen) atoms. The second-order valence-corrected chi connectivity index (χ2v) is 6.18. The van der Waals surface area contributed by atoms with Gasteiger partial charge in [-0.25, -0.2) is 9.59 Å². The van der Waals surface area contributed by atoms with E-state index in [1.54, 1.807) is 17.9 Å². The number of aryl methyl sites for hydroxylation is 1. The van der Waals surface area contributed by atoms with Crippen molar-refractivity contribution in [2.24, 2.45) is 0 Å². The van der Waals surface area contributed by atoms with E-state index in [0.29, 0.717) is 25.2 Å². The van der Waals surface area contributed by atoms with E-state index in [2.05, 4.69) is 4.98 Å². The molecule has 1 aromatic rings. The molecule has 2 heterocycles. The second kappa shape index (κ2) is 5.35. The van der Waals surface area contributed by atoms with Gasteiger partial charge in [-0.2, -0.15) is 0 Å².